The Kier molecular flexibility index (Phi) is 5.94. The van der Waals surface area contributed by atoms with Gasteiger partial charge in [-0.2, -0.15) is 13.2 Å². The second-order valence-corrected chi connectivity index (χ2v) is 4.26. The van der Waals surface area contributed by atoms with E-state index in [0.717, 1.165) is 6.07 Å². The van der Waals surface area contributed by atoms with Gasteiger partial charge < -0.3 is 9.84 Å². The van der Waals surface area contributed by atoms with Crippen LogP contribution in [0.3, 0.4) is 0 Å². The molecule has 0 saturated carbocycles. The van der Waals surface area contributed by atoms with Crippen LogP contribution in [0.25, 0.3) is 0 Å². The molecule has 0 saturated heterocycles. The van der Waals surface area contributed by atoms with Crippen LogP contribution in [0, 0.1) is 5.82 Å². The van der Waals surface area contributed by atoms with Crippen LogP contribution in [0.2, 0.25) is 0 Å². The summed E-state index contributed by atoms with van der Waals surface area (Å²) >= 11 is 0. The van der Waals surface area contributed by atoms with E-state index in [-0.39, 0.29) is 25.0 Å². The second kappa shape index (κ2) is 7.23. The Balaban J connectivity index is 2.47. The van der Waals surface area contributed by atoms with Gasteiger partial charge in [-0.05, 0) is 30.5 Å². The molecule has 1 N–H and O–H groups in total. The van der Waals surface area contributed by atoms with Crippen LogP contribution in [0.5, 0.6) is 0 Å². The summed E-state index contributed by atoms with van der Waals surface area (Å²) in [5.74, 6) is -2.66. The molecule has 0 bridgehead atoms. The Labute approximate surface area is 113 Å². The largest absolute Gasteiger partial charge is 0.481 e. The van der Waals surface area contributed by atoms with Crippen molar-refractivity contribution in [1.29, 1.82) is 0 Å². The number of rotatable bonds is 7. The molecular weight excluding hydrogens is 280 g/mol. The number of hydrogen-bond acceptors (Lipinski definition) is 2. The Morgan fingerprint density at radius 2 is 2.05 bits per heavy atom. The lowest BCUT2D eigenvalue weighted by Crippen LogP contribution is -2.18. The number of hydrogen-bond donors (Lipinski definition) is 1. The molecule has 1 atom stereocenters. The number of halogens is 4. The normalized spacial score (nSPS) is 13.2. The summed E-state index contributed by atoms with van der Waals surface area (Å²) in [5.41, 5.74) is 0.285. The topological polar surface area (TPSA) is 46.5 Å². The maximum atomic E-state index is 13.0. The molecule has 0 aliphatic rings. The van der Waals surface area contributed by atoms with E-state index in [1.165, 1.54) is 18.2 Å². The highest BCUT2D eigenvalue weighted by Gasteiger charge is 2.27. The van der Waals surface area contributed by atoms with Crippen molar-refractivity contribution in [2.75, 3.05) is 13.2 Å². The third kappa shape index (κ3) is 6.01. The highest BCUT2D eigenvalue weighted by atomic mass is 19.4. The first-order chi connectivity index (χ1) is 9.29. The number of carbonyl (C=O) groups is 1. The maximum Gasteiger partial charge on any atom is 0.411 e. The molecular formula is C13H14F4O3. The molecule has 0 aliphatic carbocycles. The number of aliphatic carboxylic acids is 1. The van der Waals surface area contributed by atoms with E-state index in [0.29, 0.717) is 0 Å². The van der Waals surface area contributed by atoms with Gasteiger partial charge in [0, 0.05) is 6.61 Å². The molecule has 0 heterocycles. The molecule has 1 rings (SSSR count). The second-order valence-electron chi connectivity index (χ2n) is 4.26. The molecule has 7 heteroatoms. The average Bonchev–Trinajstić information content (AvgIpc) is 2.31. The first-order valence-electron chi connectivity index (χ1n) is 5.92. The first kappa shape index (κ1) is 16.4. The van der Waals surface area contributed by atoms with Crippen molar-refractivity contribution in [3.8, 4) is 0 Å². The van der Waals surface area contributed by atoms with E-state index >= 15 is 0 Å². The van der Waals surface area contributed by atoms with E-state index in [2.05, 4.69) is 4.74 Å². The van der Waals surface area contributed by atoms with E-state index in [1.807, 2.05) is 0 Å². The predicted octanol–water partition coefficient (Wildman–Crippen LogP) is 3.35. The van der Waals surface area contributed by atoms with Gasteiger partial charge in [0.15, 0.2) is 0 Å². The summed E-state index contributed by atoms with van der Waals surface area (Å²) in [7, 11) is 0. The fraction of sp³-hybridized carbons (Fsp3) is 0.462. The zero-order valence-corrected chi connectivity index (χ0v) is 10.5. The van der Waals surface area contributed by atoms with Gasteiger partial charge in [-0.1, -0.05) is 12.1 Å². The summed E-state index contributed by atoms with van der Waals surface area (Å²) in [6.07, 6.45) is -4.17. The van der Waals surface area contributed by atoms with E-state index in [9.17, 15) is 22.4 Å². The highest BCUT2D eigenvalue weighted by Crippen LogP contribution is 2.23. The molecule has 0 aliphatic heterocycles. The first-order valence-corrected chi connectivity index (χ1v) is 5.92. The lowest BCUT2D eigenvalue weighted by Gasteiger charge is -2.13. The number of benzene rings is 1. The minimum atomic E-state index is -4.39. The molecule has 1 aromatic carbocycles. The zero-order valence-electron chi connectivity index (χ0n) is 10.5. The lowest BCUT2D eigenvalue weighted by molar-refractivity contribution is -0.174. The van der Waals surface area contributed by atoms with Crippen molar-refractivity contribution in [2.45, 2.75) is 24.9 Å². The monoisotopic (exact) mass is 294 g/mol. The molecule has 1 aromatic rings. The lowest BCUT2D eigenvalue weighted by atomic mass is 9.94. The summed E-state index contributed by atoms with van der Waals surface area (Å²) in [6, 6.07) is 5.16. The number of ether oxygens (including phenoxy) is 1. The number of carboxylic acids is 1. The Hall–Kier alpha value is -1.63. The van der Waals surface area contributed by atoms with Crippen LogP contribution < -0.4 is 0 Å². The third-order valence-electron chi connectivity index (χ3n) is 2.60. The molecule has 0 spiro atoms. The summed E-state index contributed by atoms with van der Waals surface area (Å²) < 4.78 is 52.9. The molecule has 0 amide bonds. The smallest absolute Gasteiger partial charge is 0.411 e. The van der Waals surface area contributed by atoms with Crippen molar-refractivity contribution in [3.63, 3.8) is 0 Å². The third-order valence-corrected chi connectivity index (χ3v) is 2.60. The standard InChI is InChI=1S/C13H14F4O3/c14-10-4-1-3-9(7-10)11(12(18)19)5-2-6-20-8-13(15,16)17/h1,3-4,7,11H,2,5-6,8H2,(H,18,19). The van der Waals surface area contributed by atoms with Crippen LogP contribution in [0.15, 0.2) is 24.3 Å². The highest BCUT2D eigenvalue weighted by molar-refractivity contribution is 5.75. The van der Waals surface area contributed by atoms with Gasteiger partial charge in [-0.25, -0.2) is 4.39 Å². The zero-order chi connectivity index (χ0) is 15.2. The molecule has 1 unspecified atom stereocenters. The van der Waals surface area contributed by atoms with E-state index in [1.54, 1.807) is 0 Å². The van der Waals surface area contributed by atoms with Gasteiger partial charge in [-0.3, -0.25) is 4.79 Å². The van der Waals surface area contributed by atoms with Crippen LogP contribution in [-0.4, -0.2) is 30.5 Å². The van der Waals surface area contributed by atoms with Gasteiger partial charge in [0.1, 0.15) is 12.4 Å². The molecule has 0 radical (unpaired) electrons. The number of alkyl halides is 3. The minimum Gasteiger partial charge on any atom is -0.481 e. The fourth-order valence-corrected chi connectivity index (χ4v) is 1.73. The van der Waals surface area contributed by atoms with Gasteiger partial charge in [-0.15, -0.1) is 0 Å². The van der Waals surface area contributed by atoms with Crippen molar-refractivity contribution in [1.82, 2.24) is 0 Å². The van der Waals surface area contributed by atoms with Crippen molar-refractivity contribution in [2.24, 2.45) is 0 Å². The van der Waals surface area contributed by atoms with E-state index in [4.69, 9.17) is 5.11 Å². The van der Waals surface area contributed by atoms with Crippen LogP contribution in [0.4, 0.5) is 17.6 Å². The predicted molar refractivity (Wildman–Crippen MR) is 62.9 cm³/mol. The van der Waals surface area contributed by atoms with Crippen LogP contribution in [-0.2, 0) is 9.53 Å². The quantitative estimate of drug-likeness (QED) is 0.619. The molecule has 0 fully saturated rings. The average molecular weight is 294 g/mol. The van der Waals surface area contributed by atoms with Gasteiger partial charge in [0.25, 0.3) is 0 Å². The summed E-state index contributed by atoms with van der Waals surface area (Å²) in [6.45, 7) is -1.55. The summed E-state index contributed by atoms with van der Waals surface area (Å²) in [4.78, 5) is 11.1. The Morgan fingerprint density at radius 3 is 2.60 bits per heavy atom. The molecule has 112 valence electrons. The van der Waals surface area contributed by atoms with Gasteiger partial charge >= 0.3 is 12.1 Å². The van der Waals surface area contributed by atoms with Crippen molar-refractivity contribution in [3.05, 3.63) is 35.6 Å². The Morgan fingerprint density at radius 1 is 1.35 bits per heavy atom. The SMILES string of the molecule is O=C(O)C(CCCOCC(F)(F)F)c1cccc(F)c1. The molecule has 0 aromatic heterocycles. The number of carboxylic acid groups (broad SMARTS) is 1. The van der Waals surface area contributed by atoms with Gasteiger partial charge in [0.05, 0.1) is 5.92 Å². The molecule has 3 nitrogen and oxygen atoms in total. The maximum absolute atomic E-state index is 13.0. The van der Waals surface area contributed by atoms with Crippen LogP contribution in [0.1, 0.15) is 24.3 Å². The minimum absolute atomic E-state index is 0.0800. The summed E-state index contributed by atoms with van der Waals surface area (Å²) in [5, 5.41) is 9.06. The van der Waals surface area contributed by atoms with Crippen molar-refractivity contribution < 1.29 is 32.2 Å². The van der Waals surface area contributed by atoms with Gasteiger partial charge in [0.2, 0.25) is 0 Å². The Bertz CT molecular complexity index is 445. The fourth-order valence-electron chi connectivity index (χ4n) is 1.73. The van der Waals surface area contributed by atoms with Crippen molar-refractivity contribution >= 4 is 5.97 Å². The van der Waals surface area contributed by atoms with E-state index < -0.39 is 30.5 Å². The molecule has 20 heavy (non-hydrogen) atoms. The van der Waals surface area contributed by atoms with Crippen LogP contribution >= 0.6 is 0 Å².